The van der Waals surface area contributed by atoms with Crippen LogP contribution in [0.15, 0.2) is 0 Å². The van der Waals surface area contributed by atoms with Gasteiger partial charge in [-0.2, -0.15) is 0 Å². The zero-order valence-corrected chi connectivity index (χ0v) is 33.3. The fraction of sp³-hybridized carbons (Fsp3) is 0.907. The summed E-state index contributed by atoms with van der Waals surface area (Å²) in [5.41, 5.74) is 0. The number of carbonyl (C=O) groups excluding carboxylic acids is 3. The number of carboxylic acid groups (broad SMARTS) is 1. The third-order valence-corrected chi connectivity index (χ3v) is 9.65. The summed E-state index contributed by atoms with van der Waals surface area (Å²) in [5, 5.41) is 8.75. The van der Waals surface area contributed by atoms with Crippen molar-refractivity contribution >= 4 is 23.9 Å². The fourth-order valence-corrected chi connectivity index (χ4v) is 6.35. The van der Waals surface area contributed by atoms with Crippen molar-refractivity contribution in [3.05, 3.63) is 0 Å². The van der Waals surface area contributed by atoms with Crippen LogP contribution < -0.4 is 0 Å². The third kappa shape index (κ3) is 38.9. The van der Waals surface area contributed by atoms with Crippen LogP contribution in [0, 0.1) is 0 Å². The molecule has 51 heavy (non-hydrogen) atoms. The topological polar surface area (TPSA) is 116 Å². The molecule has 0 rings (SSSR count). The van der Waals surface area contributed by atoms with E-state index >= 15 is 0 Å². The molecule has 0 aliphatic rings. The Morgan fingerprint density at radius 3 is 0.922 bits per heavy atom. The maximum Gasteiger partial charge on any atom is 0.306 e. The number of aliphatic carboxylic acids is 1. The maximum atomic E-state index is 12.6. The van der Waals surface area contributed by atoms with E-state index in [1.807, 2.05) is 0 Å². The molecule has 0 amide bonds. The highest BCUT2D eigenvalue weighted by Crippen LogP contribution is 2.15. The summed E-state index contributed by atoms with van der Waals surface area (Å²) in [6, 6.07) is 0. The summed E-state index contributed by atoms with van der Waals surface area (Å²) in [7, 11) is 0. The van der Waals surface area contributed by atoms with E-state index in [0.717, 1.165) is 51.4 Å². The molecule has 0 bridgehead atoms. The molecule has 0 aliphatic heterocycles. The van der Waals surface area contributed by atoms with Crippen LogP contribution in [-0.4, -0.2) is 48.3 Å². The summed E-state index contributed by atoms with van der Waals surface area (Å²) in [6.45, 7) is 4.24. The SMILES string of the molecule is CCCCCCCCCCCCCCCC(=O)OCC(COC(=O)CCCCCCC(=O)O)OC(=O)CCCCCCCCCCCCCCC. The highest BCUT2D eigenvalue weighted by Gasteiger charge is 2.19. The van der Waals surface area contributed by atoms with Crippen LogP contribution >= 0.6 is 0 Å². The Kier molecular flexibility index (Phi) is 37.5. The lowest BCUT2D eigenvalue weighted by atomic mass is 10.0. The first-order chi connectivity index (χ1) is 24.9. The molecule has 8 heteroatoms. The molecule has 0 aliphatic carbocycles. The molecular formula is C43H80O8. The van der Waals surface area contributed by atoms with Gasteiger partial charge in [0.25, 0.3) is 0 Å². The van der Waals surface area contributed by atoms with Crippen LogP contribution in [0.5, 0.6) is 0 Å². The van der Waals surface area contributed by atoms with Crippen molar-refractivity contribution in [1.82, 2.24) is 0 Å². The quantitative estimate of drug-likeness (QED) is 0.0377. The molecule has 0 heterocycles. The molecule has 0 fully saturated rings. The minimum absolute atomic E-state index is 0.121. The highest BCUT2D eigenvalue weighted by molar-refractivity contribution is 5.71. The van der Waals surface area contributed by atoms with E-state index in [0.29, 0.717) is 25.7 Å². The van der Waals surface area contributed by atoms with Crippen molar-refractivity contribution in [2.75, 3.05) is 13.2 Å². The van der Waals surface area contributed by atoms with Gasteiger partial charge in [0.15, 0.2) is 6.10 Å². The fourth-order valence-electron chi connectivity index (χ4n) is 6.35. The minimum atomic E-state index is -0.824. The summed E-state index contributed by atoms with van der Waals surface area (Å²) in [6.07, 6.45) is 34.9. The van der Waals surface area contributed by atoms with Crippen molar-refractivity contribution in [3.63, 3.8) is 0 Å². The Morgan fingerprint density at radius 2 is 0.627 bits per heavy atom. The van der Waals surface area contributed by atoms with Crippen LogP contribution in [0.1, 0.15) is 232 Å². The zero-order chi connectivity index (χ0) is 37.5. The van der Waals surface area contributed by atoms with E-state index in [1.54, 1.807) is 0 Å². The molecule has 0 saturated heterocycles. The first kappa shape index (κ1) is 48.9. The summed E-state index contributed by atoms with van der Waals surface area (Å²) < 4.78 is 16.5. The average Bonchev–Trinajstić information content (AvgIpc) is 3.11. The number of carbonyl (C=O) groups is 4. The molecule has 0 aromatic rings. The first-order valence-corrected chi connectivity index (χ1v) is 21.6. The van der Waals surface area contributed by atoms with Crippen LogP contribution in [0.2, 0.25) is 0 Å². The number of ether oxygens (including phenoxy) is 3. The smallest absolute Gasteiger partial charge is 0.306 e. The van der Waals surface area contributed by atoms with Crippen LogP contribution in [0.3, 0.4) is 0 Å². The van der Waals surface area contributed by atoms with Crippen LogP contribution in [-0.2, 0) is 33.4 Å². The second kappa shape index (κ2) is 39.1. The molecule has 0 spiro atoms. The number of unbranched alkanes of at least 4 members (excludes halogenated alkanes) is 27. The number of hydrogen-bond acceptors (Lipinski definition) is 7. The predicted molar refractivity (Wildman–Crippen MR) is 208 cm³/mol. The second-order valence-corrected chi connectivity index (χ2v) is 14.8. The van der Waals surface area contributed by atoms with Crippen molar-refractivity contribution in [2.24, 2.45) is 0 Å². The summed E-state index contributed by atoms with van der Waals surface area (Å²) in [5.74, 6) is -1.88. The minimum Gasteiger partial charge on any atom is -0.481 e. The monoisotopic (exact) mass is 725 g/mol. The van der Waals surface area contributed by atoms with E-state index in [4.69, 9.17) is 19.3 Å². The van der Waals surface area contributed by atoms with Crippen LogP contribution in [0.4, 0.5) is 0 Å². The third-order valence-electron chi connectivity index (χ3n) is 9.65. The van der Waals surface area contributed by atoms with Gasteiger partial charge in [0.05, 0.1) is 0 Å². The van der Waals surface area contributed by atoms with Gasteiger partial charge in [0, 0.05) is 25.7 Å². The Morgan fingerprint density at radius 1 is 0.373 bits per heavy atom. The van der Waals surface area contributed by atoms with Crippen molar-refractivity contribution in [2.45, 2.75) is 238 Å². The molecule has 0 aromatic carbocycles. The maximum absolute atomic E-state index is 12.6. The Hall–Kier alpha value is -2.12. The Balaban J connectivity index is 4.28. The van der Waals surface area contributed by atoms with E-state index in [1.165, 1.54) is 128 Å². The highest BCUT2D eigenvalue weighted by atomic mass is 16.6. The van der Waals surface area contributed by atoms with E-state index in [-0.39, 0.29) is 38.0 Å². The lowest BCUT2D eigenvalue weighted by molar-refractivity contribution is -0.167. The lowest BCUT2D eigenvalue weighted by Gasteiger charge is -2.18. The van der Waals surface area contributed by atoms with Crippen LogP contribution in [0.25, 0.3) is 0 Å². The first-order valence-electron chi connectivity index (χ1n) is 21.6. The van der Waals surface area contributed by atoms with Gasteiger partial charge in [-0.25, -0.2) is 0 Å². The van der Waals surface area contributed by atoms with Crippen molar-refractivity contribution < 1.29 is 38.5 Å². The van der Waals surface area contributed by atoms with Gasteiger partial charge in [0.1, 0.15) is 13.2 Å². The molecule has 0 saturated carbocycles. The Bertz CT molecular complexity index is 814. The molecule has 8 nitrogen and oxygen atoms in total. The molecular weight excluding hydrogens is 644 g/mol. The zero-order valence-electron chi connectivity index (χ0n) is 33.3. The normalized spacial score (nSPS) is 11.7. The van der Waals surface area contributed by atoms with Gasteiger partial charge in [-0.05, 0) is 25.7 Å². The standard InChI is InChI=1S/C43H80O8/c1-3-5-7-9-11-13-15-17-19-21-23-25-30-34-41(46)49-37-39(38-50-42(47)35-31-28-27-29-33-40(44)45)51-43(48)36-32-26-24-22-20-18-16-14-12-10-8-6-4-2/h39H,3-38H2,1-2H3,(H,44,45). The van der Waals surface area contributed by atoms with Crippen molar-refractivity contribution in [1.29, 1.82) is 0 Å². The molecule has 1 atom stereocenters. The Labute approximate surface area is 313 Å². The van der Waals surface area contributed by atoms with Crippen molar-refractivity contribution in [3.8, 4) is 0 Å². The summed E-state index contributed by atoms with van der Waals surface area (Å²) in [4.78, 5) is 48.0. The van der Waals surface area contributed by atoms with Gasteiger partial charge in [-0.1, -0.05) is 181 Å². The van der Waals surface area contributed by atoms with E-state index in [2.05, 4.69) is 13.8 Å². The van der Waals surface area contributed by atoms with E-state index < -0.39 is 18.0 Å². The largest absolute Gasteiger partial charge is 0.481 e. The number of rotatable bonds is 40. The molecule has 0 radical (unpaired) electrons. The number of esters is 3. The summed E-state index contributed by atoms with van der Waals surface area (Å²) >= 11 is 0. The second-order valence-electron chi connectivity index (χ2n) is 14.8. The predicted octanol–water partition coefficient (Wildman–Crippen LogP) is 12.4. The molecule has 300 valence electrons. The van der Waals surface area contributed by atoms with Gasteiger partial charge >= 0.3 is 23.9 Å². The molecule has 1 N–H and O–H groups in total. The molecule has 0 aromatic heterocycles. The van der Waals surface area contributed by atoms with Gasteiger partial charge in [-0.15, -0.1) is 0 Å². The lowest BCUT2D eigenvalue weighted by Crippen LogP contribution is -2.30. The van der Waals surface area contributed by atoms with E-state index in [9.17, 15) is 19.2 Å². The number of carboxylic acids is 1. The van der Waals surface area contributed by atoms with Gasteiger partial charge < -0.3 is 19.3 Å². The number of hydrogen-bond donors (Lipinski definition) is 1. The average molecular weight is 725 g/mol. The molecule has 1 unspecified atom stereocenters. The van der Waals surface area contributed by atoms with Gasteiger partial charge in [0.2, 0.25) is 0 Å². The van der Waals surface area contributed by atoms with Gasteiger partial charge in [-0.3, -0.25) is 19.2 Å².